The van der Waals surface area contributed by atoms with Crippen LogP contribution in [-0.4, -0.2) is 32.1 Å². The number of ether oxygens (including phenoxy) is 2. The van der Waals surface area contributed by atoms with Gasteiger partial charge < -0.3 is 9.47 Å². The molecule has 2 aromatic heterocycles. The van der Waals surface area contributed by atoms with Crippen LogP contribution < -0.4 is 14.2 Å². The quantitative estimate of drug-likeness (QED) is 0.465. The van der Waals surface area contributed by atoms with E-state index < -0.39 is 21.6 Å². The average molecular weight is 455 g/mol. The second kappa shape index (κ2) is 7.47. The number of thiazole rings is 1. The van der Waals surface area contributed by atoms with Gasteiger partial charge in [-0.3, -0.25) is 9.71 Å². The standard InChI is InChI=1S/C19H16F3N3O3S2/c1-11(13-4-6-17(23-8-13)19(20,21)22)30(2,26)25-18-24-14(9-29-18)12-3-5-15-16(7-12)28-10-27-15/h3-9H,10H2,1-2H3,(H,24,25,26). The molecule has 0 saturated carbocycles. The smallest absolute Gasteiger partial charge is 0.433 e. The van der Waals surface area contributed by atoms with Crippen molar-refractivity contribution in [2.45, 2.75) is 13.1 Å². The van der Waals surface area contributed by atoms with Crippen molar-refractivity contribution in [1.29, 1.82) is 0 Å². The molecule has 1 aliphatic rings. The molecule has 11 heteroatoms. The van der Waals surface area contributed by atoms with Crippen LogP contribution in [0.2, 0.25) is 0 Å². The van der Waals surface area contributed by atoms with Crippen LogP contribution in [-0.2, 0) is 15.9 Å². The van der Waals surface area contributed by atoms with Gasteiger partial charge in [-0.2, -0.15) is 13.2 Å². The molecule has 1 aliphatic heterocycles. The number of halogens is 3. The first-order valence-corrected chi connectivity index (χ1v) is 11.5. The molecule has 4 rings (SSSR count). The molecule has 1 unspecified atom stereocenters. The SMILES string of the molecule is CC(c1ccc(C(F)(F)F)nc1)=S(C)(=O)Nc1nc(-c2ccc3c(c2)OCO3)cs1. The largest absolute Gasteiger partial charge is 0.454 e. The summed E-state index contributed by atoms with van der Waals surface area (Å²) in [6.07, 6.45) is -1.98. The third-order valence-electron chi connectivity index (χ3n) is 4.50. The molecule has 0 saturated heterocycles. The number of hydrogen-bond donors (Lipinski definition) is 1. The minimum absolute atomic E-state index is 0.175. The van der Waals surface area contributed by atoms with Crippen LogP contribution in [0.25, 0.3) is 11.3 Å². The van der Waals surface area contributed by atoms with Crippen LogP contribution in [0, 0.1) is 0 Å². The molecule has 1 N–H and O–H groups in total. The van der Waals surface area contributed by atoms with E-state index in [0.29, 0.717) is 32.8 Å². The van der Waals surface area contributed by atoms with E-state index >= 15 is 0 Å². The maximum atomic E-state index is 13.2. The molecular formula is C19H16F3N3O3S2. The number of alkyl halides is 3. The number of pyridine rings is 1. The predicted octanol–water partition coefficient (Wildman–Crippen LogP) is 4.43. The second-order valence-corrected chi connectivity index (χ2v) is 9.90. The summed E-state index contributed by atoms with van der Waals surface area (Å²) >= 11 is 1.27. The molecule has 3 aromatic rings. The summed E-state index contributed by atoms with van der Waals surface area (Å²) in [7, 11) is -2.79. The average Bonchev–Trinajstić information content (AvgIpc) is 3.35. The molecule has 6 nitrogen and oxygen atoms in total. The van der Waals surface area contributed by atoms with Crippen LogP contribution in [0.1, 0.15) is 18.2 Å². The molecular weight excluding hydrogens is 439 g/mol. The van der Waals surface area contributed by atoms with Crippen LogP contribution in [0.4, 0.5) is 18.3 Å². The minimum Gasteiger partial charge on any atom is -0.454 e. The topological polar surface area (TPSA) is 73.3 Å². The number of anilines is 1. The lowest BCUT2D eigenvalue weighted by Crippen LogP contribution is -2.20. The Morgan fingerprint density at radius 3 is 2.67 bits per heavy atom. The van der Waals surface area contributed by atoms with Gasteiger partial charge in [0, 0.05) is 33.8 Å². The van der Waals surface area contributed by atoms with Crippen molar-refractivity contribution in [2.75, 3.05) is 17.8 Å². The number of nitrogens with zero attached hydrogens (tertiary/aromatic N) is 2. The van der Waals surface area contributed by atoms with Gasteiger partial charge in [0.15, 0.2) is 16.6 Å². The molecule has 0 aliphatic carbocycles. The molecule has 30 heavy (non-hydrogen) atoms. The lowest BCUT2D eigenvalue weighted by molar-refractivity contribution is -0.141. The fourth-order valence-corrected chi connectivity index (χ4v) is 5.08. The summed E-state index contributed by atoms with van der Waals surface area (Å²) in [5.41, 5.74) is 0.849. The fraction of sp³-hybridized carbons (Fsp3) is 0.211. The Morgan fingerprint density at radius 2 is 1.97 bits per heavy atom. The third-order valence-corrected chi connectivity index (χ3v) is 7.37. The summed E-state index contributed by atoms with van der Waals surface area (Å²) in [4.78, 5) is 8.28. The molecule has 0 spiro atoms. The van der Waals surface area contributed by atoms with Crippen molar-refractivity contribution < 1.29 is 26.9 Å². The Kier molecular flexibility index (Phi) is 5.10. The number of rotatable bonds is 4. The maximum Gasteiger partial charge on any atom is 0.433 e. The van der Waals surface area contributed by atoms with Crippen molar-refractivity contribution in [1.82, 2.24) is 9.97 Å². The van der Waals surface area contributed by atoms with Crippen LogP contribution in [0.3, 0.4) is 0 Å². The summed E-state index contributed by atoms with van der Waals surface area (Å²) < 4.78 is 64.8. The van der Waals surface area contributed by atoms with Gasteiger partial charge in [0.05, 0.1) is 15.4 Å². The number of benzene rings is 1. The van der Waals surface area contributed by atoms with Crippen molar-refractivity contribution in [3.05, 3.63) is 53.2 Å². The van der Waals surface area contributed by atoms with E-state index in [2.05, 4.69) is 14.7 Å². The Morgan fingerprint density at radius 1 is 1.20 bits per heavy atom. The van der Waals surface area contributed by atoms with Gasteiger partial charge in [0.2, 0.25) is 6.79 Å². The van der Waals surface area contributed by atoms with Crippen LogP contribution in [0.5, 0.6) is 11.5 Å². The van der Waals surface area contributed by atoms with Crippen molar-refractivity contribution in [2.24, 2.45) is 0 Å². The van der Waals surface area contributed by atoms with E-state index in [1.54, 1.807) is 13.0 Å². The van der Waals surface area contributed by atoms with Gasteiger partial charge in [-0.25, -0.2) is 9.19 Å². The Hall–Kier alpha value is -2.79. The van der Waals surface area contributed by atoms with Crippen molar-refractivity contribution in [3.8, 4) is 22.8 Å². The first kappa shape index (κ1) is 20.5. The van der Waals surface area contributed by atoms with Gasteiger partial charge in [0.25, 0.3) is 0 Å². The van der Waals surface area contributed by atoms with E-state index in [9.17, 15) is 17.4 Å². The summed E-state index contributed by atoms with van der Waals surface area (Å²) in [5, 5.41) is 2.24. The van der Waals surface area contributed by atoms with Gasteiger partial charge in [-0.15, -0.1) is 11.3 Å². The van der Waals surface area contributed by atoms with Gasteiger partial charge >= 0.3 is 6.18 Å². The molecule has 0 radical (unpaired) electrons. The third kappa shape index (κ3) is 4.08. The molecule has 3 heterocycles. The summed E-state index contributed by atoms with van der Waals surface area (Å²) in [6, 6.07) is 7.59. The van der Waals surface area contributed by atoms with E-state index in [-0.39, 0.29) is 6.79 Å². The lowest BCUT2D eigenvalue weighted by Gasteiger charge is -2.12. The Bertz CT molecular complexity index is 1210. The summed E-state index contributed by atoms with van der Waals surface area (Å²) in [5.74, 6) is 1.30. The van der Waals surface area contributed by atoms with Crippen molar-refractivity contribution >= 4 is 31.0 Å². The zero-order chi connectivity index (χ0) is 21.5. The first-order chi connectivity index (χ1) is 14.1. The number of aromatic nitrogens is 2. The number of fused-ring (bicyclic) bond motifs is 1. The molecule has 158 valence electrons. The second-order valence-electron chi connectivity index (χ2n) is 6.54. The zero-order valence-electron chi connectivity index (χ0n) is 15.8. The number of hydrogen-bond acceptors (Lipinski definition) is 6. The monoisotopic (exact) mass is 455 g/mol. The highest BCUT2D eigenvalue weighted by Gasteiger charge is 2.32. The molecule has 0 fully saturated rings. The zero-order valence-corrected chi connectivity index (χ0v) is 17.5. The van der Waals surface area contributed by atoms with E-state index in [1.165, 1.54) is 23.7 Å². The molecule has 0 amide bonds. The highest BCUT2D eigenvalue weighted by molar-refractivity contribution is 8.03. The van der Waals surface area contributed by atoms with Gasteiger partial charge in [0.1, 0.15) is 5.69 Å². The van der Waals surface area contributed by atoms with E-state index in [1.807, 2.05) is 17.5 Å². The van der Waals surface area contributed by atoms with Gasteiger partial charge in [-0.05, 0) is 31.2 Å². The van der Waals surface area contributed by atoms with Crippen molar-refractivity contribution in [3.63, 3.8) is 0 Å². The predicted molar refractivity (Wildman–Crippen MR) is 110 cm³/mol. The highest BCUT2D eigenvalue weighted by atomic mass is 32.2. The Labute approximate surface area is 174 Å². The maximum absolute atomic E-state index is 13.2. The first-order valence-electron chi connectivity index (χ1n) is 8.63. The minimum atomic E-state index is -4.52. The molecule has 1 aromatic carbocycles. The van der Waals surface area contributed by atoms with Crippen LogP contribution in [0.15, 0.2) is 41.9 Å². The van der Waals surface area contributed by atoms with Crippen LogP contribution >= 0.6 is 11.3 Å². The van der Waals surface area contributed by atoms with E-state index in [0.717, 1.165) is 17.8 Å². The van der Waals surface area contributed by atoms with E-state index in [4.69, 9.17) is 9.47 Å². The van der Waals surface area contributed by atoms with Gasteiger partial charge in [-0.1, -0.05) is 6.07 Å². The molecule has 1 atom stereocenters. The number of nitrogens with one attached hydrogen (secondary N) is 1. The molecule has 0 bridgehead atoms. The normalized spacial score (nSPS) is 15.0. The highest BCUT2D eigenvalue weighted by Crippen LogP contribution is 2.36. The lowest BCUT2D eigenvalue weighted by atomic mass is 10.1. The fourth-order valence-electron chi connectivity index (χ4n) is 2.75. The summed E-state index contributed by atoms with van der Waals surface area (Å²) in [6.45, 7) is 1.76. The Balaban J connectivity index is 1.58.